The van der Waals surface area contributed by atoms with E-state index in [1.807, 2.05) is 13.8 Å². The predicted molar refractivity (Wildman–Crippen MR) is 98.5 cm³/mol. The van der Waals surface area contributed by atoms with E-state index >= 15 is 0 Å². The molecule has 0 saturated carbocycles. The molecule has 0 fully saturated rings. The highest BCUT2D eigenvalue weighted by Crippen LogP contribution is 2.27. The summed E-state index contributed by atoms with van der Waals surface area (Å²) in [5.41, 5.74) is 1.62. The summed E-state index contributed by atoms with van der Waals surface area (Å²) in [7, 11) is 0. The smallest absolute Gasteiger partial charge is 0.387 e. The van der Waals surface area contributed by atoms with Crippen LogP contribution in [0.5, 0.6) is 5.75 Å². The lowest BCUT2D eigenvalue weighted by atomic mass is 10.1. The van der Waals surface area contributed by atoms with Crippen molar-refractivity contribution in [1.29, 1.82) is 0 Å². The highest BCUT2D eigenvalue weighted by Gasteiger charge is 2.28. The van der Waals surface area contributed by atoms with E-state index in [-0.39, 0.29) is 23.8 Å². The number of thioether (sulfide) groups is 1. The Morgan fingerprint density at radius 2 is 2.26 bits per heavy atom. The normalized spacial score (nSPS) is 16.1. The van der Waals surface area contributed by atoms with Crippen LogP contribution >= 0.6 is 11.8 Å². The van der Waals surface area contributed by atoms with E-state index < -0.39 is 12.5 Å². The maximum atomic E-state index is 12.6. The van der Waals surface area contributed by atoms with E-state index in [4.69, 9.17) is 0 Å². The van der Waals surface area contributed by atoms with Gasteiger partial charge in [-0.15, -0.1) is 0 Å². The molecule has 0 saturated heterocycles. The van der Waals surface area contributed by atoms with Crippen molar-refractivity contribution < 1.29 is 18.3 Å². The minimum Gasteiger partial charge on any atom is -0.435 e. The van der Waals surface area contributed by atoms with Gasteiger partial charge in [0.1, 0.15) is 5.75 Å². The number of ether oxygens (including phenoxy) is 1. The first-order valence-corrected chi connectivity index (χ1v) is 9.46. The average molecular weight is 395 g/mol. The number of hydrogen-bond donors (Lipinski definition) is 1. The molecule has 144 valence electrons. The molecular weight excluding hydrogens is 376 g/mol. The van der Waals surface area contributed by atoms with Crippen LogP contribution in [-0.2, 0) is 17.8 Å². The summed E-state index contributed by atoms with van der Waals surface area (Å²) >= 11 is 1.36. The third-order valence-corrected chi connectivity index (χ3v) is 5.44. The van der Waals surface area contributed by atoms with Crippen LogP contribution in [-0.4, -0.2) is 27.8 Å². The summed E-state index contributed by atoms with van der Waals surface area (Å²) in [6.07, 6.45) is 0.580. The third kappa shape index (κ3) is 4.29. The molecule has 1 amide bonds. The molecule has 1 aliphatic rings. The number of hydrogen-bond acceptors (Lipinski definition) is 5. The van der Waals surface area contributed by atoms with Gasteiger partial charge in [-0.2, -0.15) is 8.78 Å². The molecule has 1 aromatic carbocycles. The van der Waals surface area contributed by atoms with Crippen LogP contribution in [0.1, 0.15) is 18.2 Å². The number of rotatable bonds is 5. The Balaban J connectivity index is 1.76. The number of carbonyl (C=O) groups excluding carboxylic acids is 1. The lowest BCUT2D eigenvalue weighted by Crippen LogP contribution is -2.38. The number of benzene rings is 1. The van der Waals surface area contributed by atoms with Gasteiger partial charge in [0.15, 0.2) is 5.16 Å². The second-order valence-electron chi connectivity index (χ2n) is 6.13. The zero-order valence-electron chi connectivity index (χ0n) is 14.9. The summed E-state index contributed by atoms with van der Waals surface area (Å²) in [5, 5.41) is 3.32. The summed E-state index contributed by atoms with van der Waals surface area (Å²) in [5.74, 6) is -0.271. The number of nitrogens with zero attached hydrogens (tertiary/aromatic N) is 2. The van der Waals surface area contributed by atoms with Crippen molar-refractivity contribution in [2.24, 2.45) is 5.92 Å². The Labute approximate surface area is 158 Å². The van der Waals surface area contributed by atoms with Crippen molar-refractivity contribution in [3.05, 3.63) is 45.9 Å². The summed E-state index contributed by atoms with van der Waals surface area (Å²) in [6, 6.07) is 5.82. The van der Waals surface area contributed by atoms with Gasteiger partial charge in [0, 0.05) is 35.3 Å². The van der Waals surface area contributed by atoms with Gasteiger partial charge < -0.3 is 10.1 Å². The van der Waals surface area contributed by atoms with Crippen LogP contribution < -0.4 is 15.6 Å². The molecule has 3 rings (SSSR count). The van der Waals surface area contributed by atoms with Gasteiger partial charge in [-0.25, -0.2) is 4.98 Å². The minimum atomic E-state index is -2.93. The number of aromatic nitrogens is 2. The minimum absolute atomic E-state index is 0.0327. The molecule has 2 aromatic rings. The highest BCUT2D eigenvalue weighted by molar-refractivity contribution is 7.99. The number of aryl methyl sites for hydroxylation is 1. The second kappa shape index (κ2) is 8.08. The van der Waals surface area contributed by atoms with Gasteiger partial charge in [0.2, 0.25) is 5.91 Å². The molecule has 0 spiro atoms. The van der Waals surface area contributed by atoms with Crippen LogP contribution in [0.15, 0.2) is 34.2 Å². The number of nitrogens with one attached hydrogen (secondary N) is 1. The van der Waals surface area contributed by atoms with E-state index in [1.165, 1.54) is 30.0 Å². The first-order valence-electron chi connectivity index (χ1n) is 8.48. The van der Waals surface area contributed by atoms with Crippen LogP contribution in [0.3, 0.4) is 0 Å². The Morgan fingerprint density at radius 3 is 2.96 bits per heavy atom. The van der Waals surface area contributed by atoms with Gasteiger partial charge in [0.25, 0.3) is 5.56 Å². The second-order valence-corrected chi connectivity index (χ2v) is 7.12. The first kappa shape index (κ1) is 19.3. The van der Waals surface area contributed by atoms with Crippen LogP contribution in [0.4, 0.5) is 14.5 Å². The number of carbonyl (C=O) groups is 1. The zero-order chi connectivity index (χ0) is 19.6. The molecule has 1 N–H and O–H groups in total. The molecule has 0 bridgehead atoms. The number of amides is 1. The topological polar surface area (TPSA) is 73.2 Å². The summed E-state index contributed by atoms with van der Waals surface area (Å²) in [4.78, 5) is 29.7. The van der Waals surface area contributed by atoms with Crippen LogP contribution in [0.25, 0.3) is 0 Å². The molecule has 1 atom stereocenters. The molecule has 0 unspecified atom stereocenters. The van der Waals surface area contributed by atoms with Gasteiger partial charge in [-0.1, -0.05) is 24.8 Å². The monoisotopic (exact) mass is 395 g/mol. The lowest BCUT2D eigenvalue weighted by Gasteiger charge is -2.25. The van der Waals surface area contributed by atoms with Crippen LogP contribution in [0, 0.1) is 12.8 Å². The molecular formula is C18H19F2N3O3S. The van der Waals surface area contributed by atoms with E-state index in [9.17, 15) is 18.4 Å². The van der Waals surface area contributed by atoms with E-state index in [0.29, 0.717) is 28.6 Å². The van der Waals surface area contributed by atoms with Crippen molar-refractivity contribution in [3.63, 3.8) is 0 Å². The summed E-state index contributed by atoms with van der Waals surface area (Å²) in [6.45, 7) is 1.01. The molecule has 1 aliphatic heterocycles. The predicted octanol–water partition coefficient (Wildman–Crippen LogP) is 3.08. The van der Waals surface area contributed by atoms with Crippen molar-refractivity contribution in [2.75, 3.05) is 11.1 Å². The number of anilines is 1. The average Bonchev–Trinajstić information content (AvgIpc) is 2.61. The fourth-order valence-corrected chi connectivity index (χ4v) is 4.08. The van der Waals surface area contributed by atoms with Crippen molar-refractivity contribution >= 4 is 23.4 Å². The molecule has 6 nitrogen and oxygen atoms in total. The Hall–Kier alpha value is -2.42. The van der Waals surface area contributed by atoms with E-state index in [0.717, 1.165) is 5.69 Å². The molecule has 27 heavy (non-hydrogen) atoms. The molecule has 2 heterocycles. The highest BCUT2D eigenvalue weighted by atomic mass is 32.2. The fourth-order valence-electron chi connectivity index (χ4n) is 2.96. The van der Waals surface area contributed by atoms with E-state index in [1.54, 1.807) is 10.6 Å². The number of fused-ring (bicyclic) bond motifs is 1. The lowest BCUT2D eigenvalue weighted by molar-refractivity contribution is -0.119. The fraction of sp³-hybridized carbons (Fsp3) is 0.389. The quantitative estimate of drug-likeness (QED) is 0.788. The maximum absolute atomic E-state index is 12.6. The molecule has 0 radical (unpaired) electrons. The van der Waals surface area contributed by atoms with Gasteiger partial charge in [-0.05, 0) is 25.5 Å². The number of halogens is 2. The standard InChI is InChI=1S/C18H19F2N3O3S/c1-3-14-10(2)21-18-23(16(14)25)8-11(9-27-18)15(24)22-12-5-4-6-13(7-12)26-17(19)20/h4-7,11,17H,3,8-9H2,1-2H3,(H,22,24)/t11-/m0/s1. The van der Waals surface area contributed by atoms with E-state index in [2.05, 4.69) is 15.0 Å². The molecule has 1 aromatic heterocycles. The molecule has 9 heteroatoms. The SMILES string of the molecule is CCc1c(C)nc2n(c1=O)C[C@H](C(=O)Nc1cccc(OC(F)F)c1)CS2. The molecule has 0 aliphatic carbocycles. The largest absolute Gasteiger partial charge is 0.435 e. The van der Waals surface area contributed by atoms with Gasteiger partial charge in [0.05, 0.1) is 5.92 Å². The maximum Gasteiger partial charge on any atom is 0.387 e. The van der Waals surface area contributed by atoms with Crippen molar-refractivity contribution in [3.8, 4) is 5.75 Å². The van der Waals surface area contributed by atoms with Crippen LogP contribution in [0.2, 0.25) is 0 Å². The zero-order valence-corrected chi connectivity index (χ0v) is 15.7. The van der Waals surface area contributed by atoms with Crippen molar-refractivity contribution in [1.82, 2.24) is 9.55 Å². The Kier molecular flexibility index (Phi) is 5.79. The van der Waals surface area contributed by atoms with Crippen molar-refractivity contribution in [2.45, 2.75) is 38.6 Å². The van der Waals surface area contributed by atoms with Gasteiger partial charge >= 0.3 is 6.61 Å². The summed E-state index contributed by atoms with van der Waals surface area (Å²) < 4.78 is 30.5. The Morgan fingerprint density at radius 1 is 1.48 bits per heavy atom. The van der Waals surface area contributed by atoms with Gasteiger partial charge in [-0.3, -0.25) is 14.2 Å². The first-order chi connectivity index (χ1) is 12.9. The third-order valence-electron chi connectivity index (χ3n) is 4.30. The number of alkyl halides is 2. The Bertz CT molecular complexity index is 917.